The van der Waals surface area contributed by atoms with Crippen LogP contribution in [0.5, 0.6) is 0 Å². The van der Waals surface area contributed by atoms with Crippen molar-refractivity contribution >= 4 is 33.2 Å². The maximum Gasteiger partial charge on any atom is 0.358 e. The maximum absolute atomic E-state index is 12.2. The largest absolute Gasteiger partial charge is 0.461 e. The van der Waals surface area contributed by atoms with Gasteiger partial charge in [-0.2, -0.15) is 0 Å². The SMILES string of the molecule is CCOC(=O)c1nc(-c2cc(-c3cccc(Br)c3)[nH]c2CC2CC2)sc1C. The van der Waals surface area contributed by atoms with E-state index in [0.717, 1.165) is 43.5 Å². The molecule has 0 aliphatic heterocycles. The van der Waals surface area contributed by atoms with Crippen LogP contribution >= 0.6 is 27.3 Å². The fourth-order valence-electron chi connectivity index (χ4n) is 3.17. The average Bonchev–Trinajstić information content (AvgIpc) is 3.21. The number of esters is 1. The van der Waals surface area contributed by atoms with Crippen LogP contribution in [0.25, 0.3) is 21.8 Å². The van der Waals surface area contributed by atoms with Crippen LogP contribution in [0.1, 0.15) is 40.8 Å². The molecule has 0 spiro atoms. The van der Waals surface area contributed by atoms with Crippen molar-refractivity contribution in [2.75, 3.05) is 6.61 Å². The number of nitrogens with zero attached hydrogens (tertiary/aromatic N) is 1. The Hall–Kier alpha value is -1.92. The molecule has 0 radical (unpaired) electrons. The van der Waals surface area contributed by atoms with Gasteiger partial charge in [0.25, 0.3) is 0 Å². The van der Waals surface area contributed by atoms with Gasteiger partial charge in [-0.25, -0.2) is 9.78 Å². The lowest BCUT2D eigenvalue weighted by Crippen LogP contribution is -2.06. The van der Waals surface area contributed by atoms with E-state index in [0.29, 0.717) is 12.3 Å². The van der Waals surface area contributed by atoms with Crippen LogP contribution in [-0.4, -0.2) is 22.5 Å². The van der Waals surface area contributed by atoms with Gasteiger partial charge in [0.15, 0.2) is 5.69 Å². The number of thiazole rings is 1. The Morgan fingerprint density at radius 2 is 2.19 bits per heavy atom. The summed E-state index contributed by atoms with van der Waals surface area (Å²) in [5, 5.41) is 0.878. The summed E-state index contributed by atoms with van der Waals surface area (Å²) in [5.74, 6) is 0.410. The topological polar surface area (TPSA) is 55.0 Å². The molecule has 0 atom stereocenters. The quantitative estimate of drug-likeness (QED) is 0.473. The van der Waals surface area contributed by atoms with Gasteiger partial charge < -0.3 is 9.72 Å². The Labute approximate surface area is 171 Å². The molecule has 0 unspecified atom stereocenters. The molecule has 1 saturated carbocycles. The molecule has 1 fully saturated rings. The Morgan fingerprint density at radius 3 is 2.89 bits per heavy atom. The van der Waals surface area contributed by atoms with Crippen molar-refractivity contribution in [1.82, 2.24) is 9.97 Å². The molecule has 27 heavy (non-hydrogen) atoms. The highest BCUT2D eigenvalue weighted by atomic mass is 79.9. The first-order chi connectivity index (χ1) is 13.0. The molecule has 2 heterocycles. The maximum atomic E-state index is 12.2. The minimum absolute atomic E-state index is 0.344. The van der Waals surface area contributed by atoms with Gasteiger partial charge >= 0.3 is 5.97 Å². The number of aromatic nitrogens is 2. The van der Waals surface area contributed by atoms with Crippen LogP contribution in [0.15, 0.2) is 34.8 Å². The number of aryl methyl sites for hydroxylation is 1. The highest BCUT2D eigenvalue weighted by Crippen LogP contribution is 2.39. The van der Waals surface area contributed by atoms with E-state index in [4.69, 9.17) is 4.74 Å². The molecule has 0 saturated heterocycles. The van der Waals surface area contributed by atoms with Crippen LogP contribution in [-0.2, 0) is 11.2 Å². The van der Waals surface area contributed by atoms with E-state index >= 15 is 0 Å². The second-order valence-corrected chi connectivity index (χ2v) is 9.00. The number of carbonyl (C=O) groups excluding carboxylic acids is 1. The van der Waals surface area contributed by atoms with E-state index in [1.807, 2.05) is 26.0 Å². The third-order valence-electron chi connectivity index (χ3n) is 4.72. The minimum atomic E-state index is -0.344. The molecule has 4 nitrogen and oxygen atoms in total. The number of carbonyl (C=O) groups is 1. The molecule has 1 aromatic carbocycles. The number of rotatable bonds is 6. The first-order valence-corrected chi connectivity index (χ1v) is 10.8. The number of H-pyrrole nitrogens is 1. The lowest BCUT2D eigenvalue weighted by molar-refractivity contribution is 0.0519. The van der Waals surface area contributed by atoms with E-state index in [9.17, 15) is 4.79 Å². The van der Waals surface area contributed by atoms with Crippen LogP contribution in [0, 0.1) is 12.8 Å². The number of halogens is 1. The van der Waals surface area contributed by atoms with Gasteiger partial charge in [0.2, 0.25) is 0 Å². The second kappa shape index (κ2) is 7.60. The van der Waals surface area contributed by atoms with Crippen molar-refractivity contribution in [2.24, 2.45) is 5.92 Å². The van der Waals surface area contributed by atoms with Crippen molar-refractivity contribution in [3.05, 3.63) is 51.1 Å². The Kier molecular flexibility index (Phi) is 5.19. The van der Waals surface area contributed by atoms with E-state index in [2.05, 4.69) is 44.1 Å². The minimum Gasteiger partial charge on any atom is -0.461 e. The van der Waals surface area contributed by atoms with E-state index in [1.54, 1.807) is 11.3 Å². The highest BCUT2D eigenvalue weighted by molar-refractivity contribution is 9.10. The lowest BCUT2D eigenvalue weighted by atomic mass is 10.1. The predicted molar refractivity (Wildman–Crippen MR) is 112 cm³/mol. The summed E-state index contributed by atoms with van der Waals surface area (Å²) in [6.45, 7) is 4.09. The highest BCUT2D eigenvalue weighted by Gasteiger charge is 2.26. The van der Waals surface area contributed by atoms with Crippen molar-refractivity contribution in [3.8, 4) is 21.8 Å². The molecule has 0 amide bonds. The van der Waals surface area contributed by atoms with Gasteiger partial charge in [0, 0.05) is 26.3 Å². The van der Waals surface area contributed by atoms with Crippen LogP contribution in [0.3, 0.4) is 0 Å². The van der Waals surface area contributed by atoms with Crippen LogP contribution in [0.4, 0.5) is 0 Å². The molecule has 3 aromatic rings. The zero-order valence-corrected chi connectivity index (χ0v) is 17.7. The van der Waals surface area contributed by atoms with Gasteiger partial charge in [-0.05, 0) is 62.8 Å². The molecular formula is C21H21BrN2O2S. The monoisotopic (exact) mass is 444 g/mol. The summed E-state index contributed by atoms with van der Waals surface area (Å²) in [4.78, 5) is 21.3. The van der Waals surface area contributed by atoms with Gasteiger partial charge in [-0.1, -0.05) is 28.1 Å². The third kappa shape index (κ3) is 4.01. The summed E-state index contributed by atoms with van der Waals surface area (Å²) in [5.41, 5.74) is 4.94. The summed E-state index contributed by atoms with van der Waals surface area (Å²) in [6.07, 6.45) is 3.60. The summed E-state index contributed by atoms with van der Waals surface area (Å²) < 4.78 is 6.19. The predicted octanol–water partition coefficient (Wildman–Crippen LogP) is 6.01. The van der Waals surface area contributed by atoms with E-state index < -0.39 is 0 Å². The van der Waals surface area contributed by atoms with Crippen molar-refractivity contribution in [3.63, 3.8) is 0 Å². The number of hydrogen-bond acceptors (Lipinski definition) is 4. The fourth-order valence-corrected chi connectivity index (χ4v) is 4.52. The van der Waals surface area contributed by atoms with Crippen molar-refractivity contribution in [2.45, 2.75) is 33.1 Å². The van der Waals surface area contributed by atoms with Gasteiger partial charge in [-0.15, -0.1) is 11.3 Å². The van der Waals surface area contributed by atoms with Gasteiger partial charge in [-0.3, -0.25) is 0 Å². The van der Waals surface area contributed by atoms with Gasteiger partial charge in [0.1, 0.15) is 5.01 Å². The summed E-state index contributed by atoms with van der Waals surface area (Å²) in [6, 6.07) is 10.4. The Balaban J connectivity index is 1.75. The van der Waals surface area contributed by atoms with Crippen molar-refractivity contribution < 1.29 is 9.53 Å². The van der Waals surface area contributed by atoms with Crippen LogP contribution in [0.2, 0.25) is 0 Å². The number of nitrogens with one attached hydrogen (secondary N) is 1. The summed E-state index contributed by atoms with van der Waals surface area (Å²) >= 11 is 5.10. The first-order valence-electron chi connectivity index (χ1n) is 9.18. The molecule has 0 bridgehead atoms. The fraction of sp³-hybridized carbons (Fsp3) is 0.333. The molecule has 2 aromatic heterocycles. The number of ether oxygens (including phenoxy) is 1. The standard InChI is InChI=1S/C21H21BrN2O2S/c1-3-26-21(25)19-12(2)27-20(24-19)16-11-17(14-5-4-6-15(22)10-14)23-18(16)9-13-7-8-13/h4-6,10-11,13,23H,3,7-9H2,1-2H3. The smallest absolute Gasteiger partial charge is 0.358 e. The lowest BCUT2D eigenvalue weighted by Gasteiger charge is -2.00. The van der Waals surface area contributed by atoms with Crippen molar-refractivity contribution in [1.29, 1.82) is 0 Å². The second-order valence-electron chi connectivity index (χ2n) is 6.88. The zero-order valence-electron chi connectivity index (χ0n) is 15.3. The molecule has 1 aliphatic rings. The number of aromatic amines is 1. The van der Waals surface area contributed by atoms with E-state index in [1.165, 1.54) is 18.5 Å². The Bertz CT molecular complexity index is 988. The molecule has 140 valence electrons. The normalized spacial score (nSPS) is 13.7. The molecule has 1 N–H and O–H groups in total. The number of hydrogen-bond donors (Lipinski definition) is 1. The summed E-state index contributed by atoms with van der Waals surface area (Å²) in [7, 11) is 0. The molecule has 6 heteroatoms. The first kappa shape index (κ1) is 18.4. The number of benzene rings is 1. The van der Waals surface area contributed by atoms with Crippen LogP contribution < -0.4 is 0 Å². The molecule has 1 aliphatic carbocycles. The average molecular weight is 445 g/mol. The van der Waals surface area contributed by atoms with E-state index in [-0.39, 0.29) is 5.97 Å². The zero-order chi connectivity index (χ0) is 19.0. The Morgan fingerprint density at radius 1 is 1.37 bits per heavy atom. The third-order valence-corrected chi connectivity index (χ3v) is 6.22. The van der Waals surface area contributed by atoms with Gasteiger partial charge in [0.05, 0.1) is 6.61 Å². The molecular weight excluding hydrogens is 424 g/mol. The molecule has 4 rings (SSSR count).